The Kier molecular flexibility index (Phi) is 4.30. The van der Waals surface area contributed by atoms with Crippen molar-refractivity contribution in [3.8, 4) is 0 Å². The Hall–Kier alpha value is -2.43. The number of carbonyl (C=O) groups is 2. The molecule has 0 aliphatic heterocycles. The van der Waals surface area contributed by atoms with E-state index in [1.165, 1.54) is 0 Å². The smallest absolute Gasteiger partial charge is 0.325 e. The summed E-state index contributed by atoms with van der Waals surface area (Å²) in [5.74, 6) is -1.35. The number of ketones is 1. The summed E-state index contributed by atoms with van der Waals surface area (Å²) in [6.45, 7) is -0.411. The summed E-state index contributed by atoms with van der Waals surface area (Å²) in [5, 5.41) is 18.4. The van der Waals surface area contributed by atoms with Crippen LogP contribution in [0, 0.1) is 0 Å². The van der Waals surface area contributed by atoms with Gasteiger partial charge in [-0.15, -0.1) is 0 Å². The zero-order valence-electron chi connectivity index (χ0n) is 10.8. The van der Waals surface area contributed by atoms with E-state index >= 15 is 0 Å². The first-order valence-corrected chi connectivity index (χ1v) is 6.30. The van der Waals surface area contributed by atoms with Gasteiger partial charge < -0.3 is 10.2 Å². The van der Waals surface area contributed by atoms with Gasteiger partial charge in [-0.05, 0) is 11.5 Å². The van der Waals surface area contributed by atoms with E-state index in [0.29, 0.717) is 12.8 Å². The van der Waals surface area contributed by atoms with Crippen LogP contribution in [0.4, 0.5) is 0 Å². The van der Waals surface area contributed by atoms with Crippen molar-refractivity contribution in [1.82, 2.24) is 0 Å². The van der Waals surface area contributed by atoms with Gasteiger partial charge in [0, 0.05) is 19.1 Å². The molecular weight excluding hydrogens is 258 g/mol. The second kappa shape index (κ2) is 6.14. The molecule has 0 radical (unpaired) electrons. The van der Waals surface area contributed by atoms with Crippen LogP contribution >= 0.6 is 0 Å². The van der Waals surface area contributed by atoms with Crippen LogP contribution in [0.1, 0.15) is 24.3 Å². The van der Waals surface area contributed by atoms with E-state index in [2.05, 4.69) is 4.99 Å². The number of nitrogens with zero attached hydrogens (tertiary/aromatic N) is 1. The first kappa shape index (κ1) is 14.0. The normalized spacial score (nSPS) is 19.6. The zero-order chi connectivity index (χ0) is 14.5. The molecule has 0 bridgehead atoms. The molecule has 5 heteroatoms. The number of aliphatic hydroxyl groups is 1. The van der Waals surface area contributed by atoms with E-state index in [-0.39, 0.29) is 23.0 Å². The fourth-order valence-electron chi connectivity index (χ4n) is 2.23. The monoisotopic (exact) mass is 273 g/mol. The third-order valence-corrected chi connectivity index (χ3v) is 3.20. The van der Waals surface area contributed by atoms with Crippen LogP contribution in [0.2, 0.25) is 0 Å². The third-order valence-electron chi connectivity index (χ3n) is 3.20. The van der Waals surface area contributed by atoms with Crippen molar-refractivity contribution >= 4 is 18.0 Å². The number of carboxylic acids is 1. The number of hydrogen-bond donors (Lipinski definition) is 2. The number of Topliss-reactive ketones (excluding diaryl/α,β-unsaturated/α-hetero) is 1. The maximum atomic E-state index is 12.0. The standard InChI is InChI=1S/C15H15NO4/c17-13-6-11(10-4-2-1-3-5-10)7-14(18)12(13)8-16-9-15(19)20/h1-5,8,11,17H,6-7,9H2,(H,19,20). The predicted molar refractivity (Wildman–Crippen MR) is 74.1 cm³/mol. The highest BCUT2D eigenvalue weighted by atomic mass is 16.4. The summed E-state index contributed by atoms with van der Waals surface area (Å²) >= 11 is 0. The van der Waals surface area contributed by atoms with Crippen LogP contribution in [0.3, 0.4) is 0 Å². The topological polar surface area (TPSA) is 87.0 Å². The zero-order valence-corrected chi connectivity index (χ0v) is 10.8. The molecule has 1 aliphatic rings. The molecule has 2 rings (SSSR count). The fraction of sp³-hybridized carbons (Fsp3) is 0.267. The maximum Gasteiger partial charge on any atom is 0.325 e. The second-order valence-corrected chi connectivity index (χ2v) is 4.66. The molecule has 1 aliphatic carbocycles. The third kappa shape index (κ3) is 3.32. The number of benzene rings is 1. The van der Waals surface area contributed by atoms with Crippen molar-refractivity contribution < 1.29 is 19.8 Å². The number of carboxylic acid groups (broad SMARTS) is 1. The lowest BCUT2D eigenvalue weighted by Gasteiger charge is -2.22. The lowest BCUT2D eigenvalue weighted by atomic mass is 9.83. The van der Waals surface area contributed by atoms with Gasteiger partial charge in [-0.25, -0.2) is 0 Å². The molecule has 0 saturated heterocycles. The highest BCUT2D eigenvalue weighted by Crippen LogP contribution is 2.32. The predicted octanol–water partition coefficient (Wildman–Crippen LogP) is 2.10. The van der Waals surface area contributed by atoms with Gasteiger partial charge in [0.05, 0.1) is 5.57 Å². The maximum absolute atomic E-state index is 12.0. The molecule has 2 N–H and O–H groups in total. The number of rotatable bonds is 4. The number of aliphatic hydroxyl groups excluding tert-OH is 1. The molecular formula is C15H15NO4. The van der Waals surface area contributed by atoms with E-state index in [0.717, 1.165) is 11.8 Å². The molecule has 104 valence electrons. The minimum atomic E-state index is -1.08. The molecule has 1 atom stereocenters. The van der Waals surface area contributed by atoms with Crippen molar-refractivity contribution in [1.29, 1.82) is 0 Å². The van der Waals surface area contributed by atoms with E-state index < -0.39 is 12.5 Å². The van der Waals surface area contributed by atoms with Gasteiger partial charge >= 0.3 is 5.97 Å². The van der Waals surface area contributed by atoms with Crippen molar-refractivity contribution in [3.05, 3.63) is 47.2 Å². The Labute approximate surface area is 116 Å². The first-order valence-electron chi connectivity index (χ1n) is 6.30. The van der Waals surface area contributed by atoms with Crippen LogP contribution in [-0.4, -0.2) is 34.7 Å². The molecule has 0 amide bonds. The Morgan fingerprint density at radius 2 is 2.00 bits per heavy atom. The molecule has 1 aromatic carbocycles. The average molecular weight is 273 g/mol. The molecule has 20 heavy (non-hydrogen) atoms. The summed E-state index contributed by atoms with van der Waals surface area (Å²) in [5.41, 5.74) is 1.13. The van der Waals surface area contributed by atoms with Crippen LogP contribution < -0.4 is 0 Å². The number of hydrogen-bond acceptors (Lipinski definition) is 4. The number of allylic oxidation sites excluding steroid dienone is 2. The van der Waals surface area contributed by atoms with Crippen molar-refractivity contribution in [2.24, 2.45) is 4.99 Å². The highest BCUT2D eigenvalue weighted by Gasteiger charge is 2.27. The molecule has 1 aromatic rings. The van der Waals surface area contributed by atoms with Crippen LogP contribution in [0.25, 0.3) is 0 Å². The van der Waals surface area contributed by atoms with Gasteiger partial charge in [0.25, 0.3) is 0 Å². The Balaban J connectivity index is 2.15. The molecule has 0 fully saturated rings. The van der Waals surface area contributed by atoms with E-state index in [9.17, 15) is 14.7 Å². The lowest BCUT2D eigenvalue weighted by molar-refractivity contribution is -0.135. The summed E-state index contributed by atoms with van der Waals surface area (Å²) in [7, 11) is 0. The molecule has 0 aromatic heterocycles. The highest BCUT2D eigenvalue weighted by molar-refractivity contribution is 6.14. The van der Waals surface area contributed by atoms with E-state index in [4.69, 9.17) is 5.11 Å². The van der Waals surface area contributed by atoms with Crippen molar-refractivity contribution in [2.75, 3.05) is 6.54 Å². The Morgan fingerprint density at radius 3 is 2.60 bits per heavy atom. The minimum Gasteiger partial charge on any atom is -0.511 e. The largest absolute Gasteiger partial charge is 0.511 e. The summed E-state index contributed by atoms with van der Waals surface area (Å²) in [6, 6.07) is 9.53. The average Bonchev–Trinajstić information content (AvgIpc) is 2.42. The SMILES string of the molecule is O=C(O)CN=CC1=C(O)CC(c2ccccc2)CC1=O. The van der Waals surface area contributed by atoms with E-state index in [1.807, 2.05) is 30.3 Å². The van der Waals surface area contributed by atoms with Crippen molar-refractivity contribution in [3.63, 3.8) is 0 Å². The quantitative estimate of drug-likeness (QED) is 0.822. The molecule has 0 heterocycles. The Morgan fingerprint density at radius 1 is 1.30 bits per heavy atom. The summed E-state index contributed by atoms with van der Waals surface area (Å²) in [4.78, 5) is 26.0. The number of aliphatic carboxylic acids is 1. The first-order chi connectivity index (χ1) is 9.58. The van der Waals surface area contributed by atoms with Crippen LogP contribution in [-0.2, 0) is 9.59 Å². The van der Waals surface area contributed by atoms with Gasteiger partial charge in [0.15, 0.2) is 5.78 Å². The number of carbonyl (C=O) groups excluding carboxylic acids is 1. The Bertz CT molecular complexity index is 575. The van der Waals surface area contributed by atoms with Crippen LogP contribution in [0.15, 0.2) is 46.7 Å². The van der Waals surface area contributed by atoms with Gasteiger partial charge in [-0.3, -0.25) is 14.6 Å². The van der Waals surface area contributed by atoms with Gasteiger partial charge in [0.2, 0.25) is 0 Å². The van der Waals surface area contributed by atoms with Gasteiger partial charge in [-0.2, -0.15) is 0 Å². The molecule has 1 unspecified atom stereocenters. The van der Waals surface area contributed by atoms with Crippen molar-refractivity contribution in [2.45, 2.75) is 18.8 Å². The molecule has 0 spiro atoms. The number of aliphatic imine (C=N–C) groups is 1. The van der Waals surface area contributed by atoms with E-state index in [1.54, 1.807) is 0 Å². The minimum absolute atomic E-state index is 0.0239. The lowest BCUT2D eigenvalue weighted by Crippen LogP contribution is -2.19. The van der Waals surface area contributed by atoms with Crippen LogP contribution in [0.5, 0.6) is 0 Å². The summed E-state index contributed by atoms with van der Waals surface area (Å²) in [6.07, 6.45) is 1.82. The molecule has 5 nitrogen and oxygen atoms in total. The second-order valence-electron chi connectivity index (χ2n) is 4.66. The molecule has 0 saturated carbocycles. The van der Waals surface area contributed by atoms with Gasteiger partial charge in [-0.1, -0.05) is 30.3 Å². The fourth-order valence-corrected chi connectivity index (χ4v) is 2.23. The summed E-state index contributed by atoms with van der Waals surface area (Å²) < 4.78 is 0. The van der Waals surface area contributed by atoms with Gasteiger partial charge in [0.1, 0.15) is 12.3 Å².